The predicted octanol–water partition coefficient (Wildman–Crippen LogP) is 2.95. The molecule has 1 atom stereocenters. The van der Waals surface area contributed by atoms with E-state index in [1.54, 1.807) is 0 Å². The van der Waals surface area contributed by atoms with Crippen LogP contribution in [0.15, 0.2) is 0 Å². The van der Waals surface area contributed by atoms with E-state index in [9.17, 15) is 4.79 Å². The van der Waals surface area contributed by atoms with Gasteiger partial charge in [-0.25, -0.2) is 0 Å². The fourth-order valence-corrected chi connectivity index (χ4v) is 2.06. The van der Waals surface area contributed by atoms with Crippen molar-refractivity contribution < 1.29 is 4.79 Å². The fourth-order valence-electron chi connectivity index (χ4n) is 2.06. The predicted molar refractivity (Wildman–Crippen MR) is 78.6 cm³/mol. The van der Waals surface area contributed by atoms with E-state index in [1.807, 2.05) is 6.92 Å². The highest BCUT2D eigenvalue weighted by Gasteiger charge is 2.33. The summed E-state index contributed by atoms with van der Waals surface area (Å²) in [6.07, 6.45) is 3.03. The molecule has 0 aliphatic rings. The van der Waals surface area contributed by atoms with Crippen LogP contribution >= 0.6 is 0 Å². The van der Waals surface area contributed by atoms with Gasteiger partial charge < -0.3 is 10.6 Å². The number of hydrogen-bond donors (Lipinski definition) is 2. The summed E-state index contributed by atoms with van der Waals surface area (Å²) in [5.74, 6) is 1.21. The Hall–Kier alpha value is -0.570. The molecule has 0 aromatic carbocycles. The maximum absolute atomic E-state index is 12.3. The summed E-state index contributed by atoms with van der Waals surface area (Å²) in [5.41, 5.74) is -0.438. The van der Waals surface area contributed by atoms with Crippen LogP contribution < -0.4 is 10.6 Å². The molecule has 0 saturated heterocycles. The molecule has 3 nitrogen and oxygen atoms in total. The van der Waals surface area contributed by atoms with Crippen molar-refractivity contribution in [2.45, 2.75) is 66.3 Å². The molecule has 0 fully saturated rings. The van der Waals surface area contributed by atoms with E-state index in [2.05, 4.69) is 45.3 Å². The molecular formula is C15H32N2O. The normalized spacial score (nSPS) is 14.9. The average molecular weight is 256 g/mol. The highest BCUT2D eigenvalue weighted by atomic mass is 16.2. The van der Waals surface area contributed by atoms with Crippen LogP contribution in [0.2, 0.25) is 0 Å². The molecule has 0 spiro atoms. The first-order valence-corrected chi connectivity index (χ1v) is 7.35. The van der Waals surface area contributed by atoms with Crippen LogP contribution in [0.25, 0.3) is 0 Å². The smallest absolute Gasteiger partial charge is 0.240 e. The third-order valence-corrected chi connectivity index (χ3v) is 3.03. The summed E-state index contributed by atoms with van der Waals surface area (Å²) < 4.78 is 0. The molecule has 0 rings (SSSR count). The first-order valence-electron chi connectivity index (χ1n) is 7.35. The summed E-state index contributed by atoms with van der Waals surface area (Å²) >= 11 is 0. The number of rotatable bonds is 9. The van der Waals surface area contributed by atoms with E-state index in [-0.39, 0.29) is 5.91 Å². The minimum absolute atomic E-state index is 0.144. The van der Waals surface area contributed by atoms with Crippen LogP contribution in [0, 0.1) is 11.8 Å². The van der Waals surface area contributed by atoms with Crippen molar-refractivity contribution in [1.29, 1.82) is 0 Å². The molecule has 1 amide bonds. The average Bonchev–Trinajstić information content (AvgIpc) is 2.25. The van der Waals surface area contributed by atoms with Gasteiger partial charge in [-0.05, 0) is 38.1 Å². The maximum Gasteiger partial charge on any atom is 0.240 e. The molecule has 0 aliphatic carbocycles. The van der Waals surface area contributed by atoms with Crippen molar-refractivity contribution in [1.82, 2.24) is 10.6 Å². The largest absolute Gasteiger partial charge is 0.355 e. The van der Waals surface area contributed by atoms with Gasteiger partial charge in [-0.15, -0.1) is 0 Å². The minimum atomic E-state index is -0.438. The van der Waals surface area contributed by atoms with E-state index in [4.69, 9.17) is 0 Å². The zero-order valence-corrected chi connectivity index (χ0v) is 13.1. The summed E-state index contributed by atoms with van der Waals surface area (Å²) in [6.45, 7) is 14.5. The van der Waals surface area contributed by atoms with Crippen molar-refractivity contribution in [3.63, 3.8) is 0 Å². The lowest BCUT2D eigenvalue weighted by atomic mass is 9.89. The number of nitrogens with one attached hydrogen (secondary N) is 2. The molecule has 2 N–H and O–H groups in total. The third-order valence-electron chi connectivity index (χ3n) is 3.03. The molecule has 1 unspecified atom stereocenters. The Bertz CT molecular complexity index is 239. The van der Waals surface area contributed by atoms with Crippen molar-refractivity contribution in [3.05, 3.63) is 0 Å². The monoisotopic (exact) mass is 256 g/mol. The van der Waals surface area contributed by atoms with E-state index >= 15 is 0 Å². The van der Waals surface area contributed by atoms with Gasteiger partial charge in [0.1, 0.15) is 0 Å². The Morgan fingerprint density at radius 3 is 2.22 bits per heavy atom. The Morgan fingerprint density at radius 2 is 1.78 bits per heavy atom. The molecule has 0 radical (unpaired) electrons. The summed E-state index contributed by atoms with van der Waals surface area (Å²) in [7, 11) is 0. The second kappa shape index (κ2) is 8.52. The molecule has 0 heterocycles. The summed E-state index contributed by atoms with van der Waals surface area (Å²) in [4.78, 5) is 12.3. The Kier molecular flexibility index (Phi) is 8.25. The zero-order chi connectivity index (χ0) is 14.2. The zero-order valence-electron chi connectivity index (χ0n) is 13.1. The highest BCUT2D eigenvalue weighted by Crippen LogP contribution is 2.17. The van der Waals surface area contributed by atoms with Crippen molar-refractivity contribution in [2.75, 3.05) is 13.1 Å². The van der Waals surface area contributed by atoms with Gasteiger partial charge in [0.05, 0.1) is 5.54 Å². The van der Waals surface area contributed by atoms with Crippen LogP contribution in [-0.2, 0) is 4.79 Å². The number of hydrogen-bond acceptors (Lipinski definition) is 2. The number of carbonyl (C=O) groups excluding carboxylic acids is 1. The lowest BCUT2D eigenvalue weighted by Crippen LogP contribution is -2.56. The molecule has 18 heavy (non-hydrogen) atoms. The first-order chi connectivity index (χ1) is 8.31. The number of carbonyl (C=O) groups is 1. The van der Waals surface area contributed by atoms with Gasteiger partial charge in [0.25, 0.3) is 0 Å². The highest BCUT2D eigenvalue weighted by molar-refractivity contribution is 5.85. The number of amides is 1. The summed E-state index contributed by atoms with van der Waals surface area (Å²) in [5, 5.41) is 6.49. The Labute approximate surface area is 113 Å². The molecule has 3 heteroatoms. The van der Waals surface area contributed by atoms with Crippen LogP contribution in [0.5, 0.6) is 0 Å². The van der Waals surface area contributed by atoms with E-state index in [0.717, 1.165) is 32.4 Å². The second-order valence-electron chi connectivity index (χ2n) is 6.31. The van der Waals surface area contributed by atoms with Crippen LogP contribution in [0.1, 0.15) is 60.8 Å². The van der Waals surface area contributed by atoms with Gasteiger partial charge in [0.15, 0.2) is 0 Å². The quantitative estimate of drug-likeness (QED) is 0.623. The van der Waals surface area contributed by atoms with Gasteiger partial charge in [0.2, 0.25) is 5.91 Å². The molecule has 0 bridgehead atoms. The third kappa shape index (κ3) is 7.00. The van der Waals surface area contributed by atoms with Crippen molar-refractivity contribution in [2.24, 2.45) is 11.8 Å². The topological polar surface area (TPSA) is 41.1 Å². The van der Waals surface area contributed by atoms with Crippen molar-refractivity contribution >= 4 is 5.91 Å². The Balaban J connectivity index is 4.47. The molecule has 0 aliphatic heterocycles. The standard InChI is InChI=1S/C15H32N2O/c1-7-8-9-16-14(18)15(6,10-12(2)3)17-11-13(4)5/h12-13,17H,7-11H2,1-6H3,(H,16,18). The minimum Gasteiger partial charge on any atom is -0.355 e. The molecular weight excluding hydrogens is 224 g/mol. The van der Waals surface area contributed by atoms with Crippen LogP contribution in [-0.4, -0.2) is 24.5 Å². The first kappa shape index (κ1) is 17.4. The maximum atomic E-state index is 12.3. The lowest BCUT2D eigenvalue weighted by molar-refractivity contribution is -0.127. The lowest BCUT2D eigenvalue weighted by Gasteiger charge is -2.32. The summed E-state index contributed by atoms with van der Waals surface area (Å²) in [6, 6.07) is 0. The number of unbranched alkanes of at least 4 members (excludes halogenated alkanes) is 1. The van der Waals surface area contributed by atoms with Gasteiger partial charge in [-0.2, -0.15) is 0 Å². The molecule has 108 valence electrons. The van der Waals surface area contributed by atoms with E-state index in [0.29, 0.717) is 11.8 Å². The molecule has 0 aromatic heterocycles. The van der Waals surface area contributed by atoms with Gasteiger partial charge in [-0.3, -0.25) is 4.79 Å². The fraction of sp³-hybridized carbons (Fsp3) is 0.933. The SMILES string of the molecule is CCCCNC(=O)C(C)(CC(C)C)NCC(C)C. The van der Waals surface area contributed by atoms with Gasteiger partial charge in [-0.1, -0.05) is 41.0 Å². The van der Waals surface area contributed by atoms with E-state index < -0.39 is 5.54 Å². The van der Waals surface area contributed by atoms with Crippen LogP contribution in [0.4, 0.5) is 0 Å². The molecule has 0 saturated carbocycles. The van der Waals surface area contributed by atoms with Gasteiger partial charge >= 0.3 is 0 Å². The second-order valence-corrected chi connectivity index (χ2v) is 6.31. The molecule has 0 aromatic rings. The Morgan fingerprint density at radius 1 is 1.17 bits per heavy atom. The van der Waals surface area contributed by atoms with Crippen LogP contribution in [0.3, 0.4) is 0 Å². The van der Waals surface area contributed by atoms with E-state index in [1.165, 1.54) is 0 Å². The van der Waals surface area contributed by atoms with Crippen molar-refractivity contribution in [3.8, 4) is 0 Å². The van der Waals surface area contributed by atoms with Gasteiger partial charge in [0, 0.05) is 6.54 Å².